The number of anilines is 1. The Morgan fingerprint density at radius 2 is 2.06 bits per heavy atom. The van der Waals surface area contributed by atoms with Gasteiger partial charge >= 0.3 is 0 Å². The van der Waals surface area contributed by atoms with Crippen molar-refractivity contribution in [3.05, 3.63) is 52.4 Å². The first-order chi connectivity index (χ1) is 8.15. The van der Waals surface area contributed by atoms with Gasteiger partial charge in [-0.25, -0.2) is 4.98 Å². The smallest absolute Gasteiger partial charge is 0.149 e. The molecule has 0 radical (unpaired) electrons. The molecule has 0 aliphatic rings. The molecule has 3 nitrogen and oxygen atoms in total. The van der Waals surface area contributed by atoms with Crippen molar-refractivity contribution in [2.75, 3.05) is 11.9 Å². The number of nitrogens with zero attached hydrogens (tertiary/aromatic N) is 3. The van der Waals surface area contributed by atoms with Crippen LogP contribution in [0.15, 0.2) is 36.7 Å². The van der Waals surface area contributed by atoms with Crippen molar-refractivity contribution < 1.29 is 0 Å². The van der Waals surface area contributed by atoms with E-state index in [0.29, 0.717) is 11.7 Å². The Morgan fingerprint density at radius 3 is 2.76 bits per heavy atom. The first-order valence-corrected chi connectivity index (χ1v) is 5.84. The molecule has 1 aromatic carbocycles. The van der Waals surface area contributed by atoms with Gasteiger partial charge in [0.15, 0.2) is 0 Å². The third-order valence-electron chi connectivity index (χ3n) is 2.29. The van der Waals surface area contributed by atoms with Gasteiger partial charge in [0.2, 0.25) is 0 Å². The highest BCUT2D eigenvalue weighted by Gasteiger charge is 2.05. The van der Waals surface area contributed by atoms with Crippen molar-refractivity contribution in [1.29, 1.82) is 0 Å². The SMILES string of the molecule is CN(Cc1cccc(Cl)c1)c1cncc(Cl)n1. The van der Waals surface area contributed by atoms with Crippen molar-refractivity contribution in [3.8, 4) is 0 Å². The van der Waals surface area contributed by atoms with E-state index < -0.39 is 0 Å². The van der Waals surface area contributed by atoms with Crippen LogP contribution < -0.4 is 4.90 Å². The molecule has 2 rings (SSSR count). The Bertz CT molecular complexity index is 517. The zero-order valence-electron chi connectivity index (χ0n) is 9.27. The monoisotopic (exact) mass is 267 g/mol. The molecule has 2 aromatic rings. The summed E-state index contributed by atoms with van der Waals surface area (Å²) in [6.07, 6.45) is 3.19. The summed E-state index contributed by atoms with van der Waals surface area (Å²) >= 11 is 11.7. The fourth-order valence-electron chi connectivity index (χ4n) is 1.51. The average molecular weight is 268 g/mol. The summed E-state index contributed by atoms with van der Waals surface area (Å²) in [4.78, 5) is 10.2. The maximum Gasteiger partial charge on any atom is 0.149 e. The van der Waals surface area contributed by atoms with Crippen LogP contribution in [0.1, 0.15) is 5.56 Å². The molecule has 0 atom stereocenters. The van der Waals surface area contributed by atoms with Crippen LogP contribution in [0.5, 0.6) is 0 Å². The molecular weight excluding hydrogens is 257 g/mol. The molecule has 17 heavy (non-hydrogen) atoms. The minimum atomic E-state index is 0.389. The number of hydrogen-bond donors (Lipinski definition) is 0. The van der Waals surface area contributed by atoms with Gasteiger partial charge in [0.25, 0.3) is 0 Å². The van der Waals surface area contributed by atoms with Gasteiger partial charge in [0.05, 0.1) is 12.4 Å². The minimum absolute atomic E-state index is 0.389. The normalized spacial score (nSPS) is 10.3. The molecule has 1 heterocycles. The summed E-state index contributed by atoms with van der Waals surface area (Å²) in [6, 6.07) is 7.72. The van der Waals surface area contributed by atoms with Gasteiger partial charge in [-0.1, -0.05) is 35.3 Å². The van der Waals surface area contributed by atoms with Crippen molar-refractivity contribution in [2.24, 2.45) is 0 Å². The van der Waals surface area contributed by atoms with E-state index in [9.17, 15) is 0 Å². The molecule has 1 aromatic heterocycles. The zero-order chi connectivity index (χ0) is 12.3. The second kappa shape index (κ2) is 5.34. The summed E-state index contributed by atoms with van der Waals surface area (Å²) in [6.45, 7) is 0.704. The summed E-state index contributed by atoms with van der Waals surface area (Å²) < 4.78 is 0. The molecule has 0 N–H and O–H groups in total. The standard InChI is InChI=1S/C12H11Cl2N3/c1-17(12-7-15-6-11(14)16-12)8-9-3-2-4-10(13)5-9/h2-7H,8H2,1H3. The predicted octanol–water partition coefficient (Wildman–Crippen LogP) is 3.42. The van der Waals surface area contributed by atoms with Gasteiger partial charge in [0, 0.05) is 18.6 Å². The molecule has 0 aliphatic heterocycles. The molecule has 0 unspecified atom stereocenters. The number of hydrogen-bond acceptors (Lipinski definition) is 3. The van der Waals surface area contributed by atoms with Crippen LogP contribution in [0.2, 0.25) is 10.2 Å². The van der Waals surface area contributed by atoms with Crippen LogP contribution in [0, 0.1) is 0 Å². The Kier molecular flexibility index (Phi) is 3.82. The Morgan fingerprint density at radius 1 is 1.24 bits per heavy atom. The van der Waals surface area contributed by atoms with Crippen molar-refractivity contribution >= 4 is 29.0 Å². The minimum Gasteiger partial charge on any atom is -0.354 e. The maximum absolute atomic E-state index is 5.93. The fraction of sp³-hybridized carbons (Fsp3) is 0.167. The van der Waals surface area contributed by atoms with Crippen LogP contribution in [0.4, 0.5) is 5.82 Å². The van der Waals surface area contributed by atoms with Gasteiger partial charge < -0.3 is 4.90 Å². The number of rotatable bonds is 3. The third-order valence-corrected chi connectivity index (χ3v) is 2.71. The van der Waals surface area contributed by atoms with Crippen LogP contribution in [0.3, 0.4) is 0 Å². The van der Waals surface area contributed by atoms with E-state index in [1.807, 2.05) is 36.2 Å². The molecule has 0 saturated heterocycles. The highest BCUT2D eigenvalue weighted by Crippen LogP contribution is 2.16. The zero-order valence-corrected chi connectivity index (χ0v) is 10.8. The van der Waals surface area contributed by atoms with Crippen LogP contribution in [-0.2, 0) is 6.54 Å². The lowest BCUT2D eigenvalue weighted by molar-refractivity contribution is 0.890. The second-order valence-corrected chi connectivity index (χ2v) is 4.51. The van der Waals surface area contributed by atoms with Crippen LogP contribution in [-0.4, -0.2) is 17.0 Å². The lowest BCUT2D eigenvalue weighted by Crippen LogP contribution is -2.17. The fourth-order valence-corrected chi connectivity index (χ4v) is 1.86. The van der Waals surface area contributed by atoms with E-state index in [2.05, 4.69) is 9.97 Å². The van der Waals surface area contributed by atoms with Gasteiger partial charge in [0.1, 0.15) is 11.0 Å². The molecule has 0 aliphatic carbocycles. The van der Waals surface area contributed by atoms with E-state index in [-0.39, 0.29) is 0 Å². The number of benzene rings is 1. The molecule has 0 spiro atoms. The van der Waals surface area contributed by atoms with E-state index in [1.165, 1.54) is 6.20 Å². The van der Waals surface area contributed by atoms with E-state index in [4.69, 9.17) is 23.2 Å². The van der Waals surface area contributed by atoms with E-state index in [1.54, 1.807) is 6.20 Å². The van der Waals surface area contributed by atoms with Gasteiger partial charge in [-0.2, -0.15) is 0 Å². The topological polar surface area (TPSA) is 29.0 Å². The summed E-state index contributed by atoms with van der Waals surface area (Å²) in [7, 11) is 1.93. The molecular formula is C12H11Cl2N3. The summed E-state index contributed by atoms with van der Waals surface area (Å²) in [5.74, 6) is 0.734. The lowest BCUT2D eigenvalue weighted by atomic mass is 10.2. The van der Waals surface area contributed by atoms with Crippen molar-refractivity contribution in [3.63, 3.8) is 0 Å². The molecule has 0 saturated carbocycles. The van der Waals surface area contributed by atoms with Crippen LogP contribution >= 0.6 is 23.2 Å². The lowest BCUT2D eigenvalue weighted by Gasteiger charge is -2.17. The molecule has 0 amide bonds. The highest BCUT2D eigenvalue weighted by atomic mass is 35.5. The Hall–Kier alpha value is -1.32. The van der Waals surface area contributed by atoms with Crippen molar-refractivity contribution in [2.45, 2.75) is 6.54 Å². The third kappa shape index (κ3) is 3.32. The quantitative estimate of drug-likeness (QED) is 0.854. The van der Waals surface area contributed by atoms with Gasteiger partial charge in [-0.15, -0.1) is 0 Å². The molecule has 0 fully saturated rings. The molecule has 5 heteroatoms. The average Bonchev–Trinajstić information content (AvgIpc) is 2.29. The van der Waals surface area contributed by atoms with Gasteiger partial charge in [-0.3, -0.25) is 4.98 Å². The van der Waals surface area contributed by atoms with Gasteiger partial charge in [-0.05, 0) is 17.7 Å². The summed E-state index contributed by atoms with van der Waals surface area (Å²) in [5, 5.41) is 1.12. The Labute approximate surface area is 110 Å². The molecule has 88 valence electrons. The number of halogens is 2. The highest BCUT2D eigenvalue weighted by molar-refractivity contribution is 6.30. The number of aromatic nitrogens is 2. The van der Waals surface area contributed by atoms with E-state index in [0.717, 1.165) is 16.4 Å². The van der Waals surface area contributed by atoms with E-state index >= 15 is 0 Å². The predicted molar refractivity (Wildman–Crippen MR) is 70.6 cm³/mol. The largest absolute Gasteiger partial charge is 0.354 e. The first-order valence-electron chi connectivity index (χ1n) is 5.08. The summed E-state index contributed by atoms with van der Waals surface area (Å²) in [5.41, 5.74) is 1.11. The van der Waals surface area contributed by atoms with Crippen molar-refractivity contribution in [1.82, 2.24) is 9.97 Å². The van der Waals surface area contributed by atoms with Crippen LogP contribution in [0.25, 0.3) is 0 Å². The second-order valence-electron chi connectivity index (χ2n) is 3.69. The maximum atomic E-state index is 5.93. The Balaban J connectivity index is 2.14. The molecule has 0 bridgehead atoms. The first kappa shape index (κ1) is 12.1.